The van der Waals surface area contributed by atoms with Crippen LogP contribution in [-0.2, 0) is 17.7 Å². The number of halogens is 2. The van der Waals surface area contributed by atoms with Crippen molar-refractivity contribution in [1.82, 2.24) is 4.57 Å². The number of allylic oxidation sites excluding steroid dienone is 4. The van der Waals surface area contributed by atoms with E-state index in [1.54, 1.807) is 6.07 Å². The van der Waals surface area contributed by atoms with E-state index in [9.17, 15) is 9.18 Å². The summed E-state index contributed by atoms with van der Waals surface area (Å²) in [7, 11) is 0. The lowest BCUT2D eigenvalue weighted by Gasteiger charge is -2.22. The number of hydrogen-bond donors (Lipinski definition) is 0. The van der Waals surface area contributed by atoms with Gasteiger partial charge in [-0.25, -0.2) is 9.18 Å². The zero-order chi connectivity index (χ0) is 35.0. The predicted octanol–water partition coefficient (Wildman–Crippen LogP) is 12.4. The van der Waals surface area contributed by atoms with Crippen LogP contribution in [0.3, 0.4) is 0 Å². The maximum atomic E-state index is 13.9. The first kappa shape index (κ1) is 37.3. The van der Waals surface area contributed by atoms with Crippen LogP contribution in [0.2, 0.25) is 5.02 Å². The number of aryl methyl sites for hydroxylation is 2. The van der Waals surface area contributed by atoms with E-state index in [0.717, 1.165) is 64.2 Å². The molecule has 0 aliphatic carbocycles. The molecule has 1 heterocycles. The van der Waals surface area contributed by atoms with Crippen LogP contribution in [0.1, 0.15) is 109 Å². The maximum Gasteiger partial charge on any atom is 0.355 e. The molecule has 2 unspecified atom stereocenters. The Morgan fingerprint density at radius 1 is 1.00 bits per heavy atom. The van der Waals surface area contributed by atoms with Crippen molar-refractivity contribution in [3.8, 4) is 5.75 Å². The monoisotopic (exact) mass is 673 g/mol. The molecule has 4 rings (SSSR count). The smallest absolute Gasteiger partial charge is 0.355 e. The summed E-state index contributed by atoms with van der Waals surface area (Å²) in [5.74, 6) is 0.994. The van der Waals surface area contributed by atoms with Crippen molar-refractivity contribution < 1.29 is 18.7 Å². The molecule has 4 nitrogen and oxygen atoms in total. The quantitative estimate of drug-likeness (QED) is 0.0675. The number of aromatic nitrogens is 1. The summed E-state index contributed by atoms with van der Waals surface area (Å²) in [5, 5.41) is 3.39. The van der Waals surface area contributed by atoms with Crippen LogP contribution in [0, 0.1) is 17.7 Å². The van der Waals surface area contributed by atoms with E-state index < -0.39 is 0 Å². The Labute approximate surface area is 292 Å². The second-order valence-corrected chi connectivity index (χ2v) is 13.5. The topological polar surface area (TPSA) is 40.5 Å². The fourth-order valence-electron chi connectivity index (χ4n) is 6.64. The Kier molecular flexibility index (Phi) is 13.3. The fraction of sp³-hybridized carbons (Fsp3) is 0.452. The van der Waals surface area contributed by atoms with Crippen LogP contribution in [0.15, 0.2) is 65.8 Å². The first-order chi connectivity index (χ1) is 23.1. The van der Waals surface area contributed by atoms with Crippen LogP contribution in [0.25, 0.3) is 27.2 Å². The molecule has 0 bridgehead atoms. The summed E-state index contributed by atoms with van der Waals surface area (Å²) in [5.41, 5.74) is 7.23. The lowest BCUT2D eigenvalue weighted by molar-refractivity contribution is 0.0512. The molecular formula is C42H53ClFNO3. The lowest BCUT2D eigenvalue weighted by atomic mass is 9.86. The number of benzene rings is 3. The minimum atomic E-state index is -0.308. The Bertz CT molecular complexity index is 1800. The maximum absolute atomic E-state index is 13.9. The Balaban J connectivity index is 1.90. The van der Waals surface area contributed by atoms with Crippen LogP contribution in [-0.4, -0.2) is 23.8 Å². The van der Waals surface area contributed by atoms with Crippen molar-refractivity contribution in [2.75, 3.05) is 13.2 Å². The molecule has 0 radical (unpaired) electrons. The molecule has 48 heavy (non-hydrogen) atoms. The summed E-state index contributed by atoms with van der Waals surface area (Å²) >= 11 is 7.22. The van der Waals surface area contributed by atoms with Crippen molar-refractivity contribution in [3.05, 3.63) is 93.4 Å². The number of hydrogen-bond acceptors (Lipinski definition) is 3. The molecule has 2 atom stereocenters. The molecule has 3 aromatic carbocycles. The minimum Gasteiger partial charge on any atom is -0.493 e. The third-order valence-corrected chi connectivity index (χ3v) is 10.1. The highest BCUT2D eigenvalue weighted by molar-refractivity contribution is 6.34. The van der Waals surface area contributed by atoms with Gasteiger partial charge in [0.1, 0.15) is 17.3 Å². The molecule has 0 amide bonds. The summed E-state index contributed by atoms with van der Waals surface area (Å²) in [6, 6.07) is 14.5. The fourth-order valence-corrected chi connectivity index (χ4v) is 6.89. The normalized spacial score (nSPS) is 13.9. The second-order valence-electron chi connectivity index (χ2n) is 13.1. The van der Waals surface area contributed by atoms with Gasteiger partial charge in [0.2, 0.25) is 0 Å². The van der Waals surface area contributed by atoms with Crippen molar-refractivity contribution in [2.24, 2.45) is 11.8 Å². The van der Waals surface area contributed by atoms with Crippen molar-refractivity contribution in [1.29, 1.82) is 0 Å². The van der Waals surface area contributed by atoms with E-state index in [-0.39, 0.29) is 11.8 Å². The number of fused-ring (bicyclic) bond motifs is 2. The molecule has 0 N–H and O–H groups in total. The van der Waals surface area contributed by atoms with Crippen molar-refractivity contribution >= 4 is 44.8 Å². The Hall–Kier alpha value is -3.57. The Morgan fingerprint density at radius 2 is 1.75 bits per heavy atom. The van der Waals surface area contributed by atoms with Gasteiger partial charge >= 0.3 is 5.97 Å². The van der Waals surface area contributed by atoms with Crippen molar-refractivity contribution in [2.45, 2.75) is 100 Å². The van der Waals surface area contributed by atoms with Gasteiger partial charge in [0.25, 0.3) is 0 Å². The number of nitrogens with zero attached hydrogens (tertiary/aromatic N) is 1. The SMILES string of the molecule is CC/C=C(C)\C(=C(\C)C(C)CC)c1c(Cl)ccc2c(CCCOc3cccc4cc(F)ccc34)c(C(=O)OCC)n(CCC(C)CC)c12. The molecule has 0 spiro atoms. The van der Waals surface area contributed by atoms with E-state index in [2.05, 4.69) is 65.2 Å². The molecule has 0 aliphatic rings. The number of rotatable bonds is 16. The van der Waals surface area contributed by atoms with Crippen LogP contribution in [0.5, 0.6) is 5.75 Å². The van der Waals surface area contributed by atoms with Gasteiger partial charge in [-0.2, -0.15) is 0 Å². The van der Waals surface area contributed by atoms with Gasteiger partial charge in [0, 0.05) is 22.9 Å². The molecule has 1 aromatic heterocycles. The zero-order valence-electron chi connectivity index (χ0n) is 30.1. The highest BCUT2D eigenvalue weighted by atomic mass is 35.5. The van der Waals surface area contributed by atoms with Crippen molar-refractivity contribution in [3.63, 3.8) is 0 Å². The largest absolute Gasteiger partial charge is 0.493 e. The number of esters is 1. The highest BCUT2D eigenvalue weighted by Gasteiger charge is 2.28. The van der Waals surface area contributed by atoms with Gasteiger partial charge in [0.05, 0.1) is 23.8 Å². The first-order valence-corrected chi connectivity index (χ1v) is 18.1. The number of carbonyl (C=O) groups excluding carboxylic acids is 1. The molecule has 0 saturated heterocycles. The zero-order valence-corrected chi connectivity index (χ0v) is 30.9. The van der Waals surface area contributed by atoms with Gasteiger partial charge in [0.15, 0.2) is 0 Å². The lowest BCUT2D eigenvalue weighted by Crippen LogP contribution is -2.16. The van der Waals surface area contributed by atoms with Crippen LogP contribution < -0.4 is 4.74 Å². The summed E-state index contributed by atoms with van der Waals surface area (Å²) in [4.78, 5) is 13.9. The average molecular weight is 674 g/mol. The summed E-state index contributed by atoms with van der Waals surface area (Å²) < 4.78 is 28.1. The molecule has 6 heteroatoms. The summed E-state index contributed by atoms with van der Waals surface area (Å²) in [6.07, 6.45) is 7.48. The van der Waals surface area contributed by atoms with Crippen LogP contribution in [0.4, 0.5) is 4.39 Å². The third kappa shape index (κ3) is 8.17. The average Bonchev–Trinajstić information content (AvgIpc) is 3.39. The number of ether oxygens (including phenoxy) is 2. The Morgan fingerprint density at radius 3 is 2.44 bits per heavy atom. The van der Waals surface area contributed by atoms with Gasteiger partial charge in [-0.05, 0) is 117 Å². The molecular weight excluding hydrogens is 621 g/mol. The first-order valence-electron chi connectivity index (χ1n) is 17.8. The van der Waals surface area contributed by atoms with E-state index in [1.165, 1.54) is 28.9 Å². The van der Waals surface area contributed by atoms with E-state index in [0.29, 0.717) is 55.2 Å². The van der Waals surface area contributed by atoms with Gasteiger partial charge < -0.3 is 14.0 Å². The minimum absolute atomic E-state index is 0.270. The standard InChI is InChI=1S/C42H53ClFNO3/c1-9-15-29(7)38(30(8)28(6)11-3)39-36(43)22-21-35-34(41(42(46)47-12-4)45(40(35)39)24-23-27(5)10-2)17-14-25-48-37-18-13-16-31-26-32(44)19-20-33(31)37/h13,15-16,18-22,26-28H,9-12,14,17,23-25H2,1-8H3/b29-15-,38-30+. The van der Waals surface area contributed by atoms with Gasteiger partial charge in [-0.1, -0.05) is 82.5 Å². The van der Waals surface area contributed by atoms with Gasteiger partial charge in [-0.15, -0.1) is 0 Å². The molecule has 4 aromatic rings. The van der Waals surface area contributed by atoms with Crippen LogP contribution >= 0.6 is 11.6 Å². The molecule has 0 fully saturated rings. The van der Waals surface area contributed by atoms with E-state index >= 15 is 0 Å². The van der Waals surface area contributed by atoms with E-state index in [1.807, 2.05) is 31.2 Å². The number of carbonyl (C=O) groups is 1. The predicted molar refractivity (Wildman–Crippen MR) is 201 cm³/mol. The van der Waals surface area contributed by atoms with E-state index in [4.69, 9.17) is 21.1 Å². The molecule has 0 aliphatic heterocycles. The van der Waals surface area contributed by atoms with Gasteiger partial charge in [-0.3, -0.25) is 0 Å². The highest BCUT2D eigenvalue weighted by Crippen LogP contribution is 2.43. The second kappa shape index (κ2) is 17.2. The molecule has 0 saturated carbocycles. The summed E-state index contributed by atoms with van der Waals surface area (Å²) in [6.45, 7) is 18.8. The third-order valence-electron chi connectivity index (χ3n) is 9.82. The molecule has 258 valence electrons.